The first-order chi connectivity index (χ1) is 29.8. The minimum Gasteiger partial charge on any atom is -0.494 e. The van der Waals surface area contributed by atoms with Crippen molar-refractivity contribution in [3.8, 4) is 17.2 Å². The fourth-order valence-electron chi connectivity index (χ4n) is 8.76. The Hall–Kier alpha value is -5.50. The molecule has 1 amide bonds. The lowest BCUT2D eigenvalue weighted by molar-refractivity contribution is 0.0690. The molecule has 1 atom stereocenters. The number of carboxylic acid groups (broad SMARTS) is 1. The Morgan fingerprint density at radius 3 is 2.56 bits per heavy atom. The molecule has 11 nitrogen and oxygen atoms in total. The largest absolute Gasteiger partial charge is 0.494 e. The van der Waals surface area contributed by atoms with Crippen molar-refractivity contribution in [2.75, 3.05) is 57.2 Å². The van der Waals surface area contributed by atoms with Crippen LogP contribution in [0.25, 0.3) is 10.2 Å². The SMILES string of the molecule is CCCN(CCc1ccc(OCCCc2sc(N3CCc4cccc(C(=O)Nc5nc6ccccc6s5)c4C3)nc2C(=O)O)cc1)CC1CCCc2c1ccc(OC)c2OC. The standard InChI is InChI=1S/C48H53N5O6S2/c1-4-25-52(29-33-11-8-12-36-35(33)21-22-40(57-2)44(36)58-3)26-23-31-17-19-34(20-18-31)59-28-9-16-42-43(46(55)56)50-48(61-42)53-27-24-32-10-7-13-37(38(32)30-53)45(54)51-47-49-39-14-5-6-15-41(39)60-47/h5-7,10,13-15,17-22,33H,4,8-9,11-12,16,23-30H2,1-3H3,(H,55,56)(H,49,51,54). The topological polar surface area (TPSA) is 126 Å². The van der Waals surface area contributed by atoms with E-state index in [2.05, 4.69) is 62.3 Å². The summed E-state index contributed by atoms with van der Waals surface area (Å²) in [7, 11) is 3.44. The average Bonchev–Trinajstić information content (AvgIpc) is 3.91. The molecule has 0 saturated heterocycles. The summed E-state index contributed by atoms with van der Waals surface area (Å²) in [6.07, 6.45) is 7.33. The van der Waals surface area contributed by atoms with Gasteiger partial charge in [-0.15, -0.1) is 11.3 Å². The highest BCUT2D eigenvalue weighted by molar-refractivity contribution is 7.22. The number of fused-ring (bicyclic) bond motifs is 3. The molecule has 318 valence electrons. The molecule has 0 saturated carbocycles. The molecular formula is C48H53N5O6S2. The molecule has 61 heavy (non-hydrogen) atoms. The quantitative estimate of drug-likeness (QED) is 0.0808. The second-order valence-corrected chi connectivity index (χ2v) is 17.8. The number of hydrogen-bond acceptors (Lipinski definition) is 11. The normalized spacial score (nSPS) is 14.8. The van der Waals surface area contributed by atoms with E-state index in [-0.39, 0.29) is 11.6 Å². The predicted octanol–water partition coefficient (Wildman–Crippen LogP) is 9.67. The lowest BCUT2D eigenvalue weighted by atomic mass is 9.81. The smallest absolute Gasteiger partial charge is 0.355 e. The van der Waals surface area contributed by atoms with E-state index in [0.29, 0.717) is 54.3 Å². The molecule has 13 heteroatoms. The fourth-order valence-corrected chi connectivity index (χ4v) is 10.7. The molecule has 1 aliphatic carbocycles. The maximum atomic E-state index is 13.5. The van der Waals surface area contributed by atoms with Crippen molar-refractivity contribution >= 4 is 55.0 Å². The van der Waals surface area contributed by atoms with Crippen molar-refractivity contribution in [2.24, 2.45) is 0 Å². The molecule has 4 aromatic carbocycles. The van der Waals surface area contributed by atoms with E-state index in [1.54, 1.807) is 14.2 Å². The molecule has 2 aliphatic rings. The van der Waals surface area contributed by atoms with Gasteiger partial charge in [0.15, 0.2) is 27.5 Å². The van der Waals surface area contributed by atoms with Gasteiger partial charge in [0.05, 0.1) is 31.0 Å². The second kappa shape index (κ2) is 19.5. The molecular weight excluding hydrogens is 807 g/mol. The number of amides is 1. The van der Waals surface area contributed by atoms with Gasteiger partial charge < -0.3 is 29.1 Å². The van der Waals surface area contributed by atoms with Crippen molar-refractivity contribution < 1.29 is 28.9 Å². The van der Waals surface area contributed by atoms with E-state index in [4.69, 9.17) is 14.2 Å². The van der Waals surface area contributed by atoms with Crippen LogP contribution in [0.2, 0.25) is 0 Å². The fraction of sp³-hybridized carbons (Fsp3) is 0.375. The van der Waals surface area contributed by atoms with Gasteiger partial charge in [-0.1, -0.05) is 60.7 Å². The number of nitrogens with one attached hydrogen (secondary N) is 1. The number of rotatable bonds is 18. The van der Waals surface area contributed by atoms with Crippen LogP contribution in [-0.4, -0.2) is 78.9 Å². The Bertz CT molecular complexity index is 2450. The Morgan fingerprint density at radius 1 is 0.918 bits per heavy atom. The third-order valence-corrected chi connectivity index (χ3v) is 13.9. The molecule has 1 unspecified atom stereocenters. The summed E-state index contributed by atoms with van der Waals surface area (Å²) in [4.78, 5) is 40.5. The van der Waals surface area contributed by atoms with Gasteiger partial charge in [-0.25, -0.2) is 14.8 Å². The zero-order valence-corrected chi connectivity index (χ0v) is 36.7. The van der Waals surface area contributed by atoms with E-state index < -0.39 is 5.97 Å². The zero-order valence-electron chi connectivity index (χ0n) is 35.1. The molecule has 3 heterocycles. The summed E-state index contributed by atoms with van der Waals surface area (Å²) in [5, 5.41) is 14.3. The Kier molecular flexibility index (Phi) is 13.5. The third-order valence-electron chi connectivity index (χ3n) is 11.8. The third kappa shape index (κ3) is 9.69. The highest BCUT2D eigenvalue weighted by Gasteiger charge is 2.28. The number of nitrogens with zero attached hydrogens (tertiary/aromatic N) is 4. The van der Waals surface area contributed by atoms with Crippen LogP contribution in [0, 0.1) is 0 Å². The summed E-state index contributed by atoms with van der Waals surface area (Å²) in [5.41, 5.74) is 7.52. The van der Waals surface area contributed by atoms with Gasteiger partial charge in [-0.2, -0.15) is 0 Å². The summed E-state index contributed by atoms with van der Waals surface area (Å²) < 4.78 is 18.5. The molecule has 0 radical (unpaired) electrons. The number of carbonyl (C=O) groups excluding carboxylic acids is 1. The van der Waals surface area contributed by atoms with E-state index in [1.165, 1.54) is 45.8 Å². The number of thiazole rings is 2. The van der Waals surface area contributed by atoms with Crippen molar-refractivity contribution in [3.05, 3.63) is 123 Å². The van der Waals surface area contributed by atoms with E-state index in [1.807, 2.05) is 48.5 Å². The zero-order chi connectivity index (χ0) is 42.3. The van der Waals surface area contributed by atoms with Gasteiger partial charge in [0.25, 0.3) is 5.91 Å². The molecule has 8 rings (SSSR count). The molecule has 2 aromatic heterocycles. The Morgan fingerprint density at radius 2 is 1.77 bits per heavy atom. The molecule has 1 aliphatic heterocycles. The molecule has 0 bridgehead atoms. The molecule has 0 fully saturated rings. The first kappa shape index (κ1) is 42.2. The van der Waals surface area contributed by atoms with Gasteiger partial charge in [-0.3, -0.25) is 10.1 Å². The number of methoxy groups -OCH3 is 2. The van der Waals surface area contributed by atoms with E-state index >= 15 is 0 Å². The Balaban J connectivity index is 0.837. The highest BCUT2D eigenvalue weighted by atomic mass is 32.1. The Labute approximate surface area is 365 Å². The average molecular weight is 860 g/mol. The van der Waals surface area contributed by atoms with Crippen LogP contribution < -0.4 is 24.4 Å². The van der Waals surface area contributed by atoms with E-state index in [9.17, 15) is 14.7 Å². The number of carboxylic acids is 1. The lowest BCUT2D eigenvalue weighted by Gasteiger charge is -2.32. The maximum Gasteiger partial charge on any atom is 0.355 e. The first-order valence-corrected chi connectivity index (χ1v) is 22.9. The van der Waals surface area contributed by atoms with Crippen LogP contribution in [0.15, 0.2) is 78.9 Å². The number of aromatic carboxylic acids is 1. The monoisotopic (exact) mass is 859 g/mol. The number of para-hydroxylation sites is 1. The number of benzene rings is 4. The van der Waals surface area contributed by atoms with Gasteiger partial charge in [0.1, 0.15) is 5.75 Å². The number of hydrogen-bond donors (Lipinski definition) is 2. The van der Waals surface area contributed by atoms with Crippen LogP contribution in [-0.2, 0) is 32.2 Å². The van der Waals surface area contributed by atoms with Crippen LogP contribution in [0.4, 0.5) is 10.3 Å². The van der Waals surface area contributed by atoms with Crippen molar-refractivity contribution in [1.29, 1.82) is 0 Å². The van der Waals surface area contributed by atoms with Gasteiger partial charge >= 0.3 is 5.97 Å². The summed E-state index contributed by atoms with van der Waals surface area (Å²) in [6, 6.07) is 26.3. The minimum atomic E-state index is -1.04. The van der Waals surface area contributed by atoms with Gasteiger partial charge in [0, 0.05) is 42.2 Å². The summed E-state index contributed by atoms with van der Waals surface area (Å²) in [5.74, 6) is 1.72. The molecule has 2 N–H and O–H groups in total. The predicted molar refractivity (Wildman–Crippen MR) is 244 cm³/mol. The van der Waals surface area contributed by atoms with Crippen molar-refractivity contribution in [1.82, 2.24) is 14.9 Å². The molecule has 6 aromatic rings. The number of aryl methyl sites for hydroxylation is 1. The summed E-state index contributed by atoms with van der Waals surface area (Å²) >= 11 is 2.86. The number of ether oxygens (including phenoxy) is 3. The number of carbonyl (C=O) groups is 2. The lowest BCUT2D eigenvalue weighted by Crippen LogP contribution is -2.32. The van der Waals surface area contributed by atoms with Gasteiger partial charge in [-0.05, 0) is 122 Å². The van der Waals surface area contributed by atoms with Crippen molar-refractivity contribution in [2.45, 2.75) is 70.8 Å². The number of aromatic nitrogens is 2. The second-order valence-electron chi connectivity index (χ2n) is 15.7. The van der Waals surface area contributed by atoms with Crippen molar-refractivity contribution in [3.63, 3.8) is 0 Å². The summed E-state index contributed by atoms with van der Waals surface area (Å²) in [6.45, 7) is 6.92. The minimum absolute atomic E-state index is 0.0850. The van der Waals surface area contributed by atoms with E-state index in [0.717, 1.165) is 95.2 Å². The van der Waals surface area contributed by atoms with Crippen LogP contribution in [0.1, 0.15) is 92.1 Å². The van der Waals surface area contributed by atoms with Crippen LogP contribution in [0.3, 0.4) is 0 Å². The molecule has 0 spiro atoms. The number of anilines is 2. The maximum absolute atomic E-state index is 13.5. The van der Waals surface area contributed by atoms with Crippen LogP contribution >= 0.6 is 22.7 Å². The van der Waals surface area contributed by atoms with Gasteiger partial charge in [0.2, 0.25) is 0 Å². The highest BCUT2D eigenvalue weighted by Crippen LogP contribution is 2.42. The van der Waals surface area contributed by atoms with Crippen LogP contribution in [0.5, 0.6) is 17.2 Å². The first-order valence-electron chi connectivity index (χ1n) is 21.2.